The van der Waals surface area contributed by atoms with E-state index in [0.29, 0.717) is 29.6 Å². The van der Waals surface area contributed by atoms with E-state index in [2.05, 4.69) is 10.3 Å². The highest BCUT2D eigenvalue weighted by Crippen LogP contribution is 2.39. The van der Waals surface area contributed by atoms with Crippen LogP contribution in [0, 0.1) is 5.92 Å². The van der Waals surface area contributed by atoms with Crippen LogP contribution in [-0.4, -0.2) is 58.8 Å². The highest BCUT2D eigenvalue weighted by atomic mass is 32.2. The topological polar surface area (TPSA) is 97.8 Å². The fourth-order valence-corrected chi connectivity index (χ4v) is 4.14. The molecule has 7 nitrogen and oxygen atoms in total. The first kappa shape index (κ1) is 18.5. The predicted octanol–water partition coefficient (Wildman–Crippen LogP) is 1.76. The van der Waals surface area contributed by atoms with Gasteiger partial charge in [-0.2, -0.15) is 11.8 Å². The molecule has 1 amide bonds. The van der Waals surface area contributed by atoms with E-state index in [0.717, 1.165) is 12.8 Å². The molecule has 2 aliphatic heterocycles. The average Bonchev–Trinajstić information content (AvgIpc) is 3.39. The molecule has 2 N–H and O–H groups in total. The molecule has 0 unspecified atom stereocenters. The largest absolute Gasteiger partial charge is 0.481 e. The maximum absolute atomic E-state index is 14.8. The Hall–Kier alpha value is -1.87. The van der Waals surface area contributed by atoms with E-state index in [9.17, 15) is 14.0 Å². The van der Waals surface area contributed by atoms with E-state index in [4.69, 9.17) is 14.6 Å². The van der Waals surface area contributed by atoms with Gasteiger partial charge in [-0.05, 0) is 30.9 Å². The van der Waals surface area contributed by atoms with Gasteiger partial charge in [0.15, 0.2) is 5.67 Å². The first-order valence-corrected chi connectivity index (χ1v) is 10.1. The van der Waals surface area contributed by atoms with Crippen molar-refractivity contribution in [2.45, 2.75) is 30.5 Å². The molecule has 1 aromatic rings. The molecule has 0 radical (unpaired) electrons. The fourth-order valence-electron chi connectivity index (χ4n) is 3.10. The Morgan fingerprint density at radius 3 is 2.63 bits per heavy atom. The molecule has 3 aliphatic rings. The van der Waals surface area contributed by atoms with E-state index in [-0.39, 0.29) is 31.2 Å². The summed E-state index contributed by atoms with van der Waals surface area (Å²) in [6.45, 7) is 0.333. The molecule has 2 saturated heterocycles. The number of aromatic nitrogens is 1. The number of alkyl halides is 1. The van der Waals surface area contributed by atoms with Gasteiger partial charge in [-0.3, -0.25) is 9.59 Å². The number of thioether (sulfide) groups is 1. The van der Waals surface area contributed by atoms with Crippen LogP contribution in [0.1, 0.15) is 35.3 Å². The standard InChI is InChI=1S/C18H21FN2O5S/c19-18(7-25-8-18)12-3-4-13(20-16(12)26-6-11-1-2-11)15(24)21-17(5-14(22)23)9-27-10-17/h3-4,11H,1-2,5-10H2,(H,21,24)(H,22,23). The van der Waals surface area contributed by atoms with Crippen molar-refractivity contribution in [3.63, 3.8) is 0 Å². The normalized spacial score (nSPS) is 22.3. The molecule has 4 rings (SSSR count). The summed E-state index contributed by atoms with van der Waals surface area (Å²) in [7, 11) is 0. The van der Waals surface area contributed by atoms with E-state index in [1.54, 1.807) is 11.8 Å². The fraction of sp³-hybridized carbons (Fsp3) is 0.611. The number of pyridine rings is 1. The highest BCUT2D eigenvalue weighted by Gasteiger charge is 2.45. The zero-order valence-corrected chi connectivity index (χ0v) is 15.5. The highest BCUT2D eigenvalue weighted by molar-refractivity contribution is 8.00. The van der Waals surface area contributed by atoms with E-state index in [1.165, 1.54) is 12.1 Å². The van der Waals surface area contributed by atoms with Crippen molar-refractivity contribution >= 4 is 23.6 Å². The molecule has 3 fully saturated rings. The monoisotopic (exact) mass is 396 g/mol. The number of carbonyl (C=O) groups is 2. The molecular formula is C18H21FN2O5S. The first-order chi connectivity index (χ1) is 12.9. The minimum atomic E-state index is -1.64. The third kappa shape index (κ3) is 3.89. The number of amides is 1. The lowest BCUT2D eigenvalue weighted by molar-refractivity contribution is -0.138. The Labute approximate surface area is 160 Å². The summed E-state index contributed by atoms with van der Waals surface area (Å²) in [5.74, 6) is 0.221. The molecule has 0 aromatic carbocycles. The third-order valence-corrected chi connectivity index (χ3v) is 6.53. The van der Waals surface area contributed by atoms with Crippen LogP contribution >= 0.6 is 11.8 Å². The lowest BCUT2D eigenvalue weighted by atomic mass is 9.94. The van der Waals surface area contributed by atoms with Crippen molar-refractivity contribution in [2.75, 3.05) is 31.3 Å². The van der Waals surface area contributed by atoms with Crippen LogP contribution in [0.3, 0.4) is 0 Å². The van der Waals surface area contributed by atoms with Crippen molar-refractivity contribution in [1.82, 2.24) is 10.3 Å². The molecule has 1 saturated carbocycles. The molecule has 1 aromatic heterocycles. The Morgan fingerprint density at radius 2 is 2.11 bits per heavy atom. The summed E-state index contributed by atoms with van der Waals surface area (Å²) in [4.78, 5) is 28.0. The molecule has 9 heteroatoms. The second kappa shape index (κ2) is 6.94. The van der Waals surface area contributed by atoms with Crippen molar-refractivity contribution in [1.29, 1.82) is 0 Å². The minimum Gasteiger partial charge on any atom is -0.481 e. The van der Waals surface area contributed by atoms with Crippen LogP contribution in [0.2, 0.25) is 0 Å². The number of hydrogen-bond donors (Lipinski definition) is 2. The Morgan fingerprint density at radius 1 is 1.37 bits per heavy atom. The van der Waals surface area contributed by atoms with Crippen LogP contribution in [0.5, 0.6) is 5.88 Å². The molecule has 0 atom stereocenters. The molecule has 3 heterocycles. The molecule has 27 heavy (non-hydrogen) atoms. The summed E-state index contributed by atoms with van der Waals surface area (Å²) in [5, 5.41) is 11.9. The molecule has 0 spiro atoms. The van der Waals surface area contributed by atoms with Gasteiger partial charge in [-0.25, -0.2) is 9.37 Å². The number of ether oxygens (including phenoxy) is 2. The number of nitrogens with one attached hydrogen (secondary N) is 1. The maximum atomic E-state index is 14.8. The van der Waals surface area contributed by atoms with Crippen molar-refractivity contribution < 1.29 is 28.6 Å². The van der Waals surface area contributed by atoms with Crippen LogP contribution in [0.4, 0.5) is 4.39 Å². The Bertz CT molecular complexity index is 762. The second-order valence-corrected chi connectivity index (χ2v) is 8.55. The summed E-state index contributed by atoms with van der Waals surface area (Å²) < 4.78 is 25.6. The van der Waals surface area contributed by atoms with Crippen molar-refractivity contribution in [3.05, 3.63) is 23.4 Å². The van der Waals surface area contributed by atoms with Gasteiger partial charge in [0, 0.05) is 11.5 Å². The Balaban J connectivity index is 1.53. The smallest absolute Gasteiger partial charge is 0.305 e. The van der Waals surface area contributed by atoms with Crippen molar-refractivity contribution in [2.24, 2.45) is 5.92 Å². The van der Waals surface area contributed by atoms with Crippen LogP contribution in [-0.2, 0) is 15.2 Å². The number of aliphatic carboxylic acids is 1. The average molecular weight is 396 g/mol. The van der Waals surface area contributed by atoms with Gasteiger partial charge in [-0.15, -0.1) is 0 Å². The predicted molar refractivity (Wildman–Crippen MR) is 95.8 cm³/mol. The van der Waals surface area contributed by atoms with E-state index < -0.39 is 23.1 Å². The molecule has 0 bridgehead atoms. The van der Waals surface area contributed by atoms with E-state index in [1.807, 2.05) is 0 Å². The number of carboxylic acid groups (broad SMARTS) is 1. The first-order valence-electron chi connectivity index (χ1n) is 8.92. The van der Waals surface area contributed by atoms with Gasteiger partial charge in [0.2, 0.25) is 5.88 Å². The van der Waals surface area contributed by atoms with Gasteiger partial charge >= 0.3 is 5.97 Å². The molecule has 1 aliphatic carbocycles. The zero-order valence-electron chi connectivity index (χ0n) is 14.7. The summed E-state index contributed by atoms with van der Waals surface area (Å²) in [6.07, 6.45) is 2.02. The lowest BCUT2D eigenvalue weighted by Crippen LogP contribution is -2.59. The number of carbonyl (C=O) groups excluding carboxylic acids is 1. The number of rotatable bonds is 8. The van der Waals surface area contributed by atoms with Crippen LogP contribution in [0.25, 0.3) is 0 Å². The van der Waals surface area contributed by atoms with Gasteiger partial charge in [-0.1, -0.05) is 0 Å². The van der Waals surface area contributed by atoms with Crippen molar-refractivity contribution in [3.8, 4) is 5.88 Å². The summed E-state index contributed by atoms with van der Waals surface area (Å²) in [6, 6.07) is 2.97. The van der Waals surface area contributed by atoms with Gasteiger partial charge in [0.25, 0.3) is 5.91 Å². The van der Waals surface area contributed by atoms with Gasteiger partial charge in [0.1, 0.15) is 5.69 Å². The van der Waals surface area contributed by atoms with Crippen LogP contribution in [0.15, 0.2) is 12.1 Å². The third-order valence-electron chi connectivity index (χ3n) is 5.02. The quantitative estimate of drug-likeness (QED) is 0.691. The second-order valence-electron chi connectivity index (χ2n) is 7.56. The Kier molecular flexibility index (Phi) is 4.75. The number of nitrogens with zero attached hydrogens (tertiary/aromatic N) is 1. The van der Waals surface area contributed by atoms with Crippen LogP contribution < -0.4 is 10.1 Å². The molecule has 146 valence electrons. The van der Waals surface area contributed by atoms with Gasteiger partial charge < -0.3 is 19.9 Å². The molecular weight excluding hydrogens is 375 g/mol. The van der Waals surface area contributed by atoms with E-state index >= 15 is 0 Å². The summed E-state index contributed by atoms with van der Waals surface area (Å²) in [5.41, 5.74) is -2.01. The maximum Gasteiger partial charge on any atom is 0.305 e. The SMILES string of the molecule is O=C(O)CC1(NC(=O)c2ccc(C3(F)COC3)c(OCC3CC3)n2)CSC1. The number of hydrogen-bond acceptors (Lipinski definition) is 6. The zero-order chi connectivity index (χ0) is 19.1. The number of carboxylic acids is 1. The van der Waals surface area contributed by atoms with Gasteiger partial charge in [0.05, 0.1) is 37.3 Å². The summed E-state index contributed by atoms with van der Waals surface area (Å²) >= 11 is 1.57. The number of halogens is 1. The lowest BCUT2D eigenvalue weighted by Gasteiger charge is -2.40. The minimum absolute atomic E-state index is 0.0566.